The average Bonchev–Trinajstić information content (AvgIpc) is 3.29. The molecule has 0 saturated carbocycles. The molecule has 1 amide bonds. The van der Waals surface area contributed by atoms with Crippen molar-refractivity contribution in [2.45, 2.75) is 43.3 Å². The lowest BCUT2D eigenvalue weighted by Gasteiger charge is -2.15. The molecule has 0 aromatic heterocycles. The highest BCUT2D eigenvalue weighted by atomic mass is 32.2. The van der Waals surface area contributed by atoms with Gasteiger partial charge < -0.3 is 5.32 Å². The van der Waals surface area contributed by atoms with E-state index in [0.717, 1.165) is 29.9 Å². The van der Waals surface area contributed by atoms with Gasteiger partial charge in [0.25, 0.3) is 0 Å². The average molecular weight is 447 g/mol. The van der Waals surface area contributed by atoms with Crippen molar-refractivity contribution in [1.82, 2.24) is 9.62 Å². The van der Waals surface area contributed by atoms with Crippen LogP contribution in [0.1, 0.15) is 36.0 Å². The summed E-state index contributed by atoms with van der Waals surface area (Å²) in [5, 5.41) is 2.96. The van der Waals surface area contributed by atoms with E-state index in [2.05, 4.69) is 36.5 Å². The molecule has 2 aromatic rings. The Morgan fingerprint density at radius 2 is 1.63 bits per heavy atom. The normalized spacial score (nSPS) is 14.7. The minimum absolute atomic E-state index is 0.0275. The Hall–Kier alpha value is -1.83. The first-order valence-corrected chi connectivity index (χ1v) is 13.0. The van der Waals surface area contributed by atoms with E-state index in [1.54, 1.807) is 16.4 Å². The topological polar surface area (TPSA) is 66.5 Å². The number of rotatable bonds is 10. The number of aryl methyl sites for hydroxylation is 2. The Bertz CT molecular complexity index is 920. The summed E-state index contributed by atoms with van der Waals surface area (Å²) in [4.78, 5) is 12.4. The maximum absolute atomic E-state index is 12.5. The molecule has 0 bridgehead atoms. The van der Waals surface area contributed by atoms with Crippen LogP contribution in [-0.2, 0) is 27.0 Å². The van der Waals surface area contributed by atoms with Crippen LogP contribution in [0.15, 0.2) is 53.4 Å². The van der Waals surface area contributed by atoms with Crippen LogP contribution in [-0.4, -0.2) is 44.0 Å². The van der Waals surface area contributed by atoms with Gasteiger partial charge >= 0.3 is 0 Å². The highest BCUT2D eigenvalue weighted by Gasteiger charge is 2.26. The standard InChI is InChI=1S/C23H30N2O3S2/c1-19-4-6-21(7-5-19)18-29-17-14-24-23(26)13-10-20-8-11-22(12-9-20)30(27,28)25-15-2-3-16-25/h4-9,11-12H,2-3,10,13-18H2,1H3,(H,24,26). The van der Waals surface area contributed by atoms with Crippen molar-refractivity contribution < 1.29 is 13.2 Å². The van der Waals surface area contributed by atoms with Crippen molar-refractivity contribution in [2.75, 3.05) is 25.4 Å². The molecule has 0 unspecified atom stereocenters. The largest absolute Gasteiger partial charge is 0.355 e. The van der Waals surface area contributed by atoms with E-state index in [1.807, 2.05) is 23.9 Å². The molecule has 5 nitrogen and oxygen atoms in total. The fourth-order valence-electron chi connectivity index (χ4n) is 3.39. The third-order valence-electron chi connectivity index (χ3n) is 5.22. The summed E-state index contributed by atoms with van der Waals surface area (Å²) in [6, 6.07) is 15.5. The predicted molar refractivity (Wildman–Crippen MR) is 123 cm³/mol. The summed E-state index contributed by atoms with van der Waals surface area (Å²) in [6.45, 7) is 3.95. The molecular weight excluding hydrogens is 416 g/mol. The predicted octanol–water partition coefficient (Wildman–Crippen LogP) is 3.76. The maximum Gasteiger partial charge on any atom is 0.243 e. The van der Waals surface area contributed by atoms with Crippen molar-refractivity contribution in [1.29, 1.82) is 0 Å². The Balaban J connectivity index is 1.35. The molecule has 1 fully saturated rings. The second kappa shape index (κ2) is 11.0. The number of sulfonamides is 1. The van der Waals surface area contributed by atoms with E-state index in [9.17, 15) is 13.2 Å². The number of hydrogen-bond donors (Lipinski definition) is 1. The molecule has 7 heteroatoms. The van der Waals surface area contributed by atoms with Crippen molar-refractivity contribution in [2.24, 2.45) is 0 Å². The zero-order valence-electron chi connectivity index (χ0n) is 17.5. The van der Waals surface area contributed by atoms with Gasteiger partial charge in [-0.25, -0.2) is 8.42 Å². The lowest BCUT2D eigenvalue weighted by molar-refractivity contribution is -0.120. The van der Waals surface area contributed by atoms with Gasteiger partial charge in [0.15, 0.2) is 0 Å². The van der Waals surface area contributed by atoms with Crippen molar-refractivity contribution in [3.05, 3.63) is 65.2 Å². The number of carbonyl (C=O) groups is 1. The van der Waals surface area contributed by atoms with Gasteiger partial charge in [0.05, 0.1) is 4.90 Å². The second-order valence-electron chi connectivity index (χ2n) is 7.64. The van der Waals surface area contributed by atoms with Gasteiger partial charge in [0.2, 0.25) is 15.9 Å². The van der Waals surface area contributed by atoms with Gasteiger partial charge in [-0.15, -0.1) is 0 Å². The summed E-state index contributed by atoms with van der Waals surface area (Å²) < 4.78 is 26.6. The number of nitrogens with one attached hydrogen (secondary N) is 1. The fourth-order valence-corrected chi connectivity index (χ4v) is 5.72. The van der Waals surface area contributed by atoms with Crippen LogP contribution in [0.4, 0.5) is 0 Å². The van der Waals surface area contributed by atoms with E-state index in [4.69, 9.17) is 0 Å². The number of hydrogen-bond acceptors (Lipinski definition) is 4. The minimum atomic E-state index is -3.37. The number of benzene rings is 2. The van der Waals surface area contributed by atoms with Crippen molar-refractivity contribution in [3.63, 3.8) is 0 Å². The number of amides is 1. The van der Waals surface area contributed by atoms with Crippen LogP contribution >= 0.6 is 11.8 Å². The lowest BCUT2D eigenvalue weighted by atomic mass is 10.1. The molecule has 0 radical (unpaired) electrons. The molecule has 1 aliphatic heterocycles. The van der Waals surface area contributed by atoms with Gasteiger partial charge in [-0.05, 0) is 49.4 Å². The molecule has 1 aliphatic rings. The Kier molecular flexibility index (Phi) is 8.36. The molecular formula is C23H30N2O3S2. The smallest absolute Gasteiger partial charge is 0.243 e. The number of thioether (sulfide) groups is 1. The van der Waals surface area contributed by atoms with E-state index < -0.39 is 10.0 Å². The van der Waals surface area contributed by atoms with E-state index in [-0.39, 0.29) is 5.91 Å². The highest BCUT2D eigenvalue weighted by molar-refractivity contribution is 7.98. The van der Waals surface area contributed by atoms with Gasteiger partial charge in [-0.3, -0.25) is 4.79 Å². The van der Waals surface area contributed by atoms with E-state index in [0.29, 0.717) is 37.4 Å². The quantitative estimate of drug-likeness (QED) is 0.565. The Morgan fingerprint density at radius 3 is 2.30 bits per heavy atom. The molecule has 30 heavy (non-hydrogen) atoms. The summed E-state index contributed by atoms with van der Waals surface area (Å²) in [6.07, 6.45) is 2.86. The number of carbonyl (C=O) groups excluding carboxylic acids is 1. The van der Waals surface area contributed by atoms with E-state index >= 15 is 0 Å². The molecule has 3 rings (SSSR count). The highest BCUT2D eigenvalue weighted by Crippen LogP contribution is 2.21. The third kappa shape index (κ3) is 6.59. The molecule has 0 aliphatic carbocycles. The summed E-state index contributed by atoms with van der Waals surface area (Å²) >= 11 is 1.81. The zero-order valence-corrected chi connectivity index (χ0v) is 19.1. The first-order chi connectivity index (χ1) is 14.4. The molecule has 1 N–H and O–H groups in total. The van der Waals surface area contributed by atoms with Crippen LogP contribution < -0.4 is 5.32 Å². The van der Waals surface area contributed by atoms with Crippen LogP contribution in [0.5, 0.6) is 0 Å². The first-order valence-electron chi connectivity index (χ1n) is 10.4. The third-order valence-corrected chi connectivity index (χ3v) is 8.17. The Morgan fingerprint density at radius 1 is 1.00 bits per heavy atom. The van der Waals surface area contributed by atoms with Crippen LogP contribution in [0.3, 0.4) is 0 Å². The SMILES string of the molecule is Cc1ccc(CSCCNC(=O)CCc2ccc(S(=O)(=O)N3CCCC3)cc2)cc1. The van der Waals surface area contributed by atoms with Crippen molar-refractivity contribution >= 4 is 27.7 Å². The summed E-state index contributed by atoms with van der Waals surface area (Å²) in [5.41, 5.74) is 3.53. The molecule has 0 atom stereocenters. The summed E-state index contributed by atoms with van der Waals surface area (Å²) in [5.74, 6) is 1.85. The fraction of sp³-hybridized carbons (Fsp3) is 0.435. The molecule has 2 aromatic carbocycles. The summed E-state index contributed by atoms with van der Waals surface area (Å²) in [7, 11) is -3.37. The monoisotopic (exact) mass is 446 g/mol. The lowest BCUT2D eigenvalue weighted by Crippen LogP contribution is -2.27. The van der Waals surface area contributed by atoms with Crippen LogP contribution in [0, 0.1) is 6.92 Å². The molecule has 1 saturated heterocycles. The van der Waals surface area contributed by atoms with E-state index in [1.165, 1.54) is 11.1 Å². The molecule has 0 spiro atoms. The van der Waals surface area contributed by atoms with Gasteiger partial charge in [-0.2, -0.15) is 16.1 Å². The van der Waals surface area contributed by atoms with Crippen LogP contribution in [0.25, 0.3) is 0 Å². The van der Waals surface area contributed by atoms with Crippen LogP contribution in [0.2, 0.25) is 0 Å². The van der Waals surface area contributed by atoms with Gasteiger partial charge in [0.1, 0.15) is 0 Å². The molecule has 162 valence electrons. The van der Waals surface area contributed by atoms with Crippen molar-refractivity contribution in [3.8, 4) is 0 Å². The van der Waals surface area contributed by atoms with Gasteiger partial charge in [-0.1, -0.05) is 42.0 Å². The second-order valence-corrected chi connectivity index (χ2v) is 10.7. The zero-order chi connectivity index (χ0) is 21.4. The molecule has 1 heterocycles. The number of nitrogens with zero attached hydrogens (tertiary/aromatic N) is 1. The van der Waals surface area contributed by atoms with Gasteiger partial charge in [0, 0.05) is 37.6 Å². The maximum atomic E-state index is 12.5. The minimum Gasteiger partial charge on any atom is -0.355 e. The Labute approximate surface area is 184 Å². The first kappa shape index (κ1) is 22.8.